The topological polar surface area (TPSA) is 68.3 Å². The molecule has 3 N–H and O–H groups in total. The minimum Gasteiger partial charge on any atom is -0.493 e. The Morgan fingerprint density at radius 1 is 1.19 bits per heavy atom. The number of nitrogens with one attached hydrogen (secondary N) is 1. The number of hydrogen-bond donors (Lipinski definition) is 2. The zero-order valence-electron chi connectivity index (χ0n) is 11.9. The molecule has 2 aromatic carbocycles. The molecule has 0 bridgehead atoms. The zero-order chi connectivity index (χ0) is 15.4. The van der Waals surface area contributed by atoms with Crippen LogP contribution in [0, 0.1) is 5.41 Å². The number of amidine groups is 1. The maximum absolute atomic E-state index is 7.63. The molecule has 0 aliphatic heterocycles. The molecule has 5 heteroatoms. The fourth-order valence-corrected chi connectivity index (χ4v) is 2.25. The second-order valence-corrected chi connectivity index (χ2v) is 4.87. The Balaban J connectivity index is 2.43. The number of benzene rings is 2. The highest BCUT2D eigenvalue weighted by molar-refractivity contribution is 6.34. The molecular weight excluding hydrogens is 288 g/mol. The predicted octanol–water partition coefficient (Wildman–Crippen LogP) is 3.99. The average molecular weight is 305 g/mol. The molecule has 0 saturated heterocycles. The van der Waals surface area contributed by atoms with Crippen LogP contribution in [0.25, 0.3) is 0 Å². The summed E-state index contributed by atoms with van der Waals surface area (Å²) in [7, 11) is 1.59. The second-order valence-electron chi connectivity index (χ2n) is 4.47. The van der Waals surface area contributed by atoms with E-state index in [9.17, 15) is 0 Å². The molecule has 0 aromatic heterocycles. The second kappa shape index (κ2) is 6.50. The summed E-state index contributed by atoms with van der Waals surface area (Å²) in [6, 6.07) is 10.9. The number of halogens is 1. The highest BCUT2D eigenvalue weighted by Crippen LogP contribution is 2.35. The Hall–Kier alpha value is -2.20. The van der Waals surface area contributed by atoms with Gasteiger partial charge in [-0.05, 0) is 36.2 Å². The van der Waals surface area contributed by atoms with Crippen molar-refractivity contribution in [3.63, 3.8) is 0 Å². The van der Waals surface area contributed by atoms with E-state index in [1.54, 1.807) is 25.3 Å². The van der Waals surface area contributed by atoms with Crippen LogP contribution in [0.4, 0.5) is 0 Å². The van der Waals surface area contributed by atoms with Gasteiger partial charge in [0, 0.05) is 0 Å². The monoisotopic (exact) mass is 304 g/mol. The van der Waals surface area contributed by atoms with Crippen LogP contribution in [-0.4, -0.2) is 12.9 Å². The van der Waals surface area contributed by atoms with Crippen LogP contribution in [0.3, 0.4) is 0 Å². The van der Waals surface area contributed by atoms with Gasteiger partial charge in [0.05, 0.1) is 17.7 Å². The van der Waals surface area contributed by atoms with Gasteiger partial charge in [-0.2, -0.15) is 0 Å². The highest BCUT2D eigenvalue weighted by atomic mass is 35.5. The van der Waals surface area contributed by atoms with Gasteiger partial charge in [-0.3, -0.25) is 5.41 Å². The van der Waals surface area contributed by atoms with Crippen molar-refractivity contribution in [1.82, 2.24) is 0 Å². The zero-order valence-corrected chi connectivity index (χ0v) is 12.7. The molecule has 0 spiro atoms. The highest BCUT2D eigenvalue weighted by Gasteiger charge is 2.14. The summed E-state index contributed by atoms with van der Waals surface area (Å²) in [5.41, 5.74) is 7.10. The molecule has 2 aromatic rings. The summed E-state index contributed by atoms with van der Waals surface area (Å²) >= 11 is 6.08. The quantitative estimate of drug-likeness (QED) is 0.648. The van der Waals surface area contributed by atoms with Crippen LogP contribution in [0.5, 0.6) is 17.2 Å². The third-order valence-corrected chi connectivity index (χ3v) is 3.42. The largest absolute Gasteiger partial charge is 0.493 e. The van der Waals surface area contributed by atoms with Gasteiger partial charge in [0.1, 0.15) is 11.6 Å². The van der Waals surface area contributed by atoms with E-state index in [1.165, 1.54) is 0 Å². The van der Waals surface area contributed by atoms with Gasteiger partial charge in [0.2, 0.25) is 0 Å². The molecule has 0 radical (unpaired) electrons. The lowest BCUT2D eigenvalue weighted by Gasteiger charge is -2.14. The average Bonchev–Trinajstić information content (AvgIpc) is 2.47. The van der Waals surface area contributed by atoms with Crippen molar-refractivity contribution in [2.75, 3.05) is 7.11 Å². The van der Waals surface area contributed by atoms with Gasteiger partial charge in [-0.15, -0.1) is 0 Å². The fourth-order valence-electron chi connectivity index (χ4n) is 1.99. The molecule has 0 fully saturated rings. The summed E-state index contributed by atoms with van der Waals surface area (Å²) in [5, 5.41) is 8.01. The van der Waals surface area contributed by atoms with Crippen LogP contribution in [0.2, 0.25) is 5.02 Å². The Morgan fingerprint density at radius 2 is 1.95 bits per heavy atom. The van der Waals surface area contributed by atoms with Crippen LogP contribution in [0.15, 0.2) is 36.4 Å². The summed E-state index contributed by atoms with van der Waals surface area (Å²) in [4.78, 5) is 0. The fraction of sp³-hybridized carbons (Fsp3) is 0.188. The summed E-state index contributed by atoms with van der Waals surface area (Å²) in [6.45, 7) is 2.07. The van der Waals surface area contributed by atoms with Crippen molar-refractivity contribution >= 4 is 17.4 Å². The number of aryl methyl sites for hydroxylation is 1. The molecule has 0 atom stereocenters. The lowest BCUT2D eigenvalue weighted by molar-refractivity contribution is 0.378. The van der Waals surface area contributed by atoms with Crippen LogP contribution < -0.4 is 15.2 Å². The standard InChI is InChI=1S/C16H17ClN2O2/c1-3-10-7-8-12(14(9-10)20-2)21-13-6-4-5-11(17)15(13)16(18)19/h4-9H,3H2,1-2H3,(H3,18,19). The number of hydrogen-bond acceptors (Lipinski definition) is 3. The number of methoxy groups -OCH3 is 1. The lowest BCUT2D eigenvalue weighted by atomic mass is 10.1. The van der Waals surface area contributed by atoms with Crippen LogP contribution >= 0.6 is 11.6 Å². The molecule has 0 heterocycles. The van der Waals surface area contributed by atoms with Crippen molar-refractivity contribution in [1.29, 1.82) is 5.41 Å². The third kappa shape index (κ3) is 3.28. The Bertz CT molecular complexity index is 671. The van der Waals surface area contributed by atoms with Crippen LogP contribution in [-0.2, 0) is 6.42 Å². The Morgan fingerprint density at radius 3 is 2.57 bits per heavy atom. The minimum atomic E-state index is -0.139. The first-order valence-electron chi connectivity index (χ1n) is 6.54. The lowest BCUT2D eigenvalue weighted by Crippen LogP contribution is -2.13. The first-order chi connectivity index (χ1) is 10.1. The third-order valence-electron chi connectivity index (χ3n) is 3.10. The van der Waals surface area contributed by atoms with Crippen molar-refractivity contribution < 1.29 is 9.47 Å². The number of ether oxygens (including phenoxy) is 2. The van der Waals surface area contributed by atoms with E-state index < -0.39 is 0 Å². The van der Waals surface area contributed by atoms with E-state index >= 15 is 0 Å². The minimum absolute atomic E-state index is 0.139. The Kier molecular flexibility index (Phi) is 4.70. The molecule has 0 amide bonds. The molecule has 21 heavy (non-hydrogen) atoms. The van der Waals surface area contributed by atoms with E-state index in [2.05, 4.69) is 6.92 Å². The van der Waals surface area contributed by atoms with E-state index in [-0.39, 0.29) is 5.84 Å². The van der Waals surface area contributed by atoms with Gasteiger partial charge in [0.25, 0.3) is 0 Å². The molecule has 110 valence electrons. The first kappa shape index (κ1) is 15.2. The molecule has 0 unspecified atom stereocenters. The predicted molar refractivity (Wildman–Crippen MR) is 84.9 cm³/mol. The number of rotatable bonds is 5. The van der Waals surface area contributed by atoms with Crippen molar-refractivity contribution in [3.8, 4) is 17.2 Å². The molecule has 0 saturated carbocycles. The normalized spacial score (nSPS) is 10.2. The Labute approximate surface area is 129 Å². The SMILES string of the molecule is CCc1ccc(Oc2cccc(Cl)c2C(=N)N)c(OC)c1. The van der Waals surface area contributed by atoms with Gasteiger partial charge in [-0.1, -0.05) is 30.7 Å². The van der Waals surface area contributed by atoms with Gasteiger partial charge in [0.15, 0.2) is 11.5 Å². The molecule has 4 nitrogen and oxygen atoms in total. The maximum Gasteiger partial charge on any atom is 0.169 e. The van der Waals surface area contributed by atoms with E-state index in [0.717, 1.165) is 12.0 Å². The van der Waals surface area contributed by atoms with Gasteiger partial charge < -0.3 is 15.2 Å². The molecule has 0 aliphatic carbocycles. The first-order valence-corrected chi connectivity index (χ1v) is 6.92. The van der Waals surface area contributed by atoms with Crippen molar-refractivity contribution in [2.45, 2.75) is 13.3 Å². The van der Waals surface area contributed by atoms with Crippen molar-refractivity contribution in [2.24, 2.45) is 5.73 Å². The van der Waals surface area contributed by atoms with E-state index in [0.29, 0.717) is 27.8 Å². The number of nitrogen functional groups attached to an aromatic ring is 1. The van der Waals surface area contributed by atoms with E-state index in [1.807, 2.05) is 18.2 Å². The summed E-state index contributed by atoms with van der Waals surface area (Å²) in [5.74, 6) is 1.47. The summed E-state index contributed by atoms with van der Waals surface area (Å²) < 4.78 is 11.2. The number of nitrogens with two attached hydrogens (primary N) is 1. The van der Waals surface area contributed by atoms with E-state index in [4.69, 9.17) is 32.2 Å². The molecule has 0 aliphatic rings. The maximum atomic E-state index is 7.63. The van der Waals surface area contributed by atoms with Gasteiger partial charge in [-0.25, -0.2) is 0 Å². The molecule has 2 rings (SSSR count). The summed E-state index contributed by atoms with van der Waals surface area (Å²) in [6.07, 6.45) is 0.909. The van der Waals surface area contributed by atoms with Crippen LogP contribution in [0.1, 0.15) is 18.1 Å². The van der Waals surface area contributed by atoms with Gasteiger partial charge >= 0.3 is 0 Å². The van der Waals surface area contributed by atoms with Crippen molar-refractivity contribution in [3.05, 3.63) is 52.5 Å². The smallest absolute Gasteiger partial charge is 0.169 e. The molecular formula is C16H17ClN2O2.